The highest BCUT2D eigenvalue weighted by molar-refractivity contribution is 6.34. The summed E-state index contributed by atoms with van der Waals surface area (Å²) in [4.78, 5) is 12.2. The number of anilines is 2. The number of nitrogens with zero attached hydrogens (tertiary/aromatic N) is 1. The third-order valence-corrected chi connectivity index (χ3v) is 3.46. The number of aromatic amines is 1. The Labute approximate surface area is 120 Å². The Balaban J connectivity index is 1.84. The molecule has 0 atom stereocenters. The van der Waals surface area contributed by atoms with Crippen molar-refractivity contribution in [1.29, 1.82) is 0 Å². The summed E-state index contributed by atoms with van der Waals surface area (Å²) in [6, 6.07) is 4.91. The molecule has 104 valence electrons. The molecule has 20 heavy (non-hydrogen) atoms. The predicted octanol–water partition coefficient (Wildman–Crippen LogP) is 1.97. The molecule has 0 fully saturated rings. The van der Waals surface area contributed by atoms with Crippen molar-refractivity contribution in [3.63, 3.8) is 0 Å². The van der Waals surface area contributed by atoms with Crippen LogP contribution >= 0.6 is 11.6 Å². The van der Waals surface area contributed by atoms with Gasteiger partial charge in [0.05, 0.1) is 23.9 Å². The van der Waals surface area contributed by atoms with Gasteiger partial charge in [-0.1, -0.05) is 11.6 Å². The molecule has 1 aromatic carbocycles. The second-order valence-corrected chi connectivity index (χ2v) is 4.93. The van der Waals surface area contributed by atoms with E-state index >= 15 is 0 Å². The van der Waals surface area contributed by atoms with Crippen molar-refractivity contribution in [2.75, 3.05) is 17.7 Å². The average molecular weight is 293 g/mol. The molecule has 3 rings (SSSR count). The van der Waals surface area contributed by atoms with E-state index in [4.69, 9.17) is 22.1 Å². The highest BCUT2D eigenvalue weighted by Crippen LogP contribution is 2.25. The molecular weight excluding hydrogens is 280 g/mol. The largest absolute Gasteiger partial charge is 0.399 e. The first-order valence-corrected chi connectivity index (χ1v) is 6.53. The van der Waals surface area contributed by atoms with E-state index < -0.39 is 0 Å². The number of nitrogens with two attached hydrogens (primary N) is 1. The molecular formula is C13H13ClN4O2. The molecule has 2 heterocycles. The second-order valence-electron chi connectivity index (χ2n) is 4.53. The van der Waals surface area contributed by atoms with Gasteiger partial charge in [0.15, 0.2) is 5.69 Å². The van der Waals surface area contributed by atoms with Gasteiger partial charge >= 0.3 is 0 Å². The lowest BCUT2D eigenvalue weighted by Crippen LogP contribution is -2.17. The lowest BCUT2D eigenvalue weighted by atomic mass is 10.1. The molecule has 6 nitrogen and oxygen atoms in total. The summed E-state index contributed by atoms with van der Waals surface area (Å²) in [7, 11) is 0. The molecule has 4 N–H and O–H groups in total. The zero-order valence-corrected chi connectivity index (χ0v) is 11.3. The van der Waals surface area contributed by atoms with Crippen LogP contribution in [-0.2, 0) is 17.8 Å². The fourth-order valence-corrected chi connectivity index (χ4v) is 2.35. The molecule has 7 heteroatoms. The van der Waals surface area contributed by atoms with E-state index in [2.05, 4.69) is 15.5 Å². The van der Waals surface area contributed by atoms with Gasteiger partial charge in [0.1, 0.15) is 0 Å². The van der Waals surface area contributed by atoms with Crippen molar-refractivity contribution in [3.8, 4) is 0 Å². The molecule has 0 bridgehead atoms. The summed E-state index contributed by atoms with van der Waals surface area (Å²) < 4.78 is 5.35. The number of nitrogen functional groups attached to an aromatic ring is 1. The summed E-state index contributed by atoms with van der Waals surface area (Å²) in [5.41, 5.74) is 8.75. The van der Waals surface area contributed by atoms with Crippen molar-refractivity contribution >= 4 is 28.9 Å². The van der Waals surface area contributed by atoms with Gasteiger partial charge in [0.2, 0.25) is 0 Å². The quantitative estimate of drug-likeness (QED) is 0.738. The van der Waals surface area contributed by atoms with E-state index in [1.807, 2.05) is 0 Å². The first kappa shape index (κ1) is 13.0. The van der Waals surface area contributed by atoms with Crippen LogP contribution in [0.3, 0.4) is 0 Å². The Morgan fingerprint density at radius 3 is 3.15 bits per heavy atom. The van der Waals surface area contributed by atoms with Crippen LogP contribution in [0.5, 0.6) is 0 Å². The van der Waals surface area contributed by atoms with Gasteiger partial charge in [-0.05, 0) is 18.2 Å². The number of carbonyl (C=O) groups excluding carboxylic acids is 1. The minimum Gasteiger partial charge on any atom is -0.399 e. The van der Waals surface area contributed by atoms with Gasteiger partial charge in [-0.25, -0.2) is 0 Å². The summed E-state index contributed by atoms with van der Waals surface area (Å²) in [5, 5.41) is 10.0. The molecule has 0 saturated heterocycles. The molecule has 1 aliphatic rings. The molecule has 2 aromatic rings. The number of rotatable bonds is 2. The summed E-state index contributed by atoms with van der Waals surface area (Å²) in [6.45, 7) is 1.03. The lowest BCUT2D eigenvalue weighted by molar-refractivity contribution is 0.0985. The van der Waals surface area contributed by atoms with Crippen LogP contribution in [0.4, 0.5) is 11.4 Å². The third-order valence-electron chi connectivity index (χ3n) is 3.15. The van der Waals surface area contributed by atoms with E-state index in [-0.39, 0.29) is 5.91 Å². The Kier molecular flexibility index (Phi) is 3.33. The second kappa shape index (κ2) is 5.15. The predicted molar refractivity (Wildman–Crippen MR) is 75.8 cm³/mol. The summed E-state index contributed by atoms with van der Waals surface area (Å²) in [5.74, 6) is -0.320. The van der Waals surface area contributed by atoms with Crippen LogP contribution in [0.25, 0.3) is 0 Å². The van der Waals surface area contributed by atoms with Crippen LogP contribution in [0.2, 0.25) is 5.02 Å². The number of fused-ring (bicyclic) bond motifs is 1. The van der Waals surface area contributed by atoms with Crippen molar-refractivity contribution in [1.82, 2.24) is 10.2 Å². The van der Waals surface area contributed by atoms with Crippen LogP contribution in [0, 0.1) is 0 Å². The summed E-state index contributed by atoms with van der Waals surface area (Å²) >= 11 is 6.03. The van der Waals surface area contributed by atoms with E-state index in [9.17, 15) is 4.79 Å². The first-order valence-electron chi connectivity index (χ1n) is 6.15. The standard InChI is InChI=1S/C13H13ClN4O2/c14-9-5-7(15)1-2-11(9)16-13(19)12-8-6-20-4-3-10(8)17-18-12/h1-2,5H,3-4,6,15H2,(H,16,19)(H,17,18). The zero-order chi connectivity index (χ0) is 14.1. The molecule has 0 unspecified atom stereocenters. The molecule has 0 saturated carbocycles. The smallest absolute Gasteiger partial charge is 0.276 e. The Morgan fingerprint density at radius 1 is 1.50 bits per heavy atom. The number of nitrogens with one attached hydrogen (secondary N) is 2. The van der Waals surface area contributed by atoms with Gasteiger partial charge in [-0.2, -0.15) is 5.10 Å². The number of amides is 1. The van der Waals surface area contributed by atoms with E-state index in [1.165, 1.54) is 0 Å². The fraction of sp³-hybridized carbons (Fsp3) is 0.231. The van der Waals surface area contributed by atoms with Gasteiger partial charge < -0.3 is 15.8 Å². The topological polar surface area (TPSA) is 93.0 Å². The van der Waals surface area contributed by atoms with Crippen molar-refractivity contribution < 1.29 is 9.53 Å². The van der Waals surface area contributed by atoms with Crippen molar-refractivity contribution in [2.45, 2.75) is 13.0 Å². The highest BCUT2D eigenvalue weighted by atomic mass is 35.5. The van der Waals surface area contributed by atoms with Crippen LogP contribution in [-0.4, -0.2) is 22.7 Å². The Bertz CT molecular complexity index is 668. The Morgan fingerprint density at radius 2 is 2.35 bits per heavy atom. The van der Waals surface area contributed by atoms with Crippen molar-refractivity contribution in [2.24, 2.45) is 0 Å². The molecule has 1 aliphatic heterocycles. The number of H-pyrrole nitrogens is 1. The lowest BCUT2D eigenvalue weighted by Gasteiger charge is -2.12. The average Bonchev–Trinajstić information content (AvgIpc) is 2.86. The molecule has 0 radical (unpaired) electrons. The monoisotopic (exact) mass is 292 g/mol. The van der Waals surface area contributed by atoms with E-state index in [0.717, 1.165) is 17.7 Å². The normalized spacial score (nSPS) is 13.8. The first-order chi connectivity index (χ1) is 9.65. The molecule has 0 spiro atoms. The van der Waals surface area contributed by atoms with Gasteiger partial charge in [-0.15, -0.1) is 0 Å². The minimum atomic E-state index is -0.320. The molecule has 1 aromatic heterocycles. The summed E-state index contributed by atoms with van der Waals surface area (Å²) in [6.07, 6.45) is 0.734. The molecule has 1 amide bonds. The van der Waals surface area contributed by atoms with Crippen LogP contribution < -0.4 is 11.1 Å². The van der Waals surface area contributed by atoms with E-state index in [1.54, 1.807) is 18.2 Å². The highest BCUT2D eigenvalue weighted by Gasteiger charge is 2.22. The van der Waals surface area contributed by atoms with Gasteiger partial charge in [-0.3, -0.25) is 9.89 Å². The number of aromatic nitrogens is 2. The van der Waals surface area contributed by atoms with Crippen molar-refractivity contribution in [3.05, 3.63) is 40.2 Å². The van der Waals surface area contributed by atoms with Crippen LogP contribution in [0.1, 0.15) is 21.7 Å². The molecule has 0 aliphatic carbocycles. The number of ether oxygens (including phenoxy) is 1. The number of halogens is 1. The Hall–Kier alpha value is -2.05. The van der Waals surface area contributed by atoms with Gasteiger partial charge in [0, 0.05) is 23.4 Å². The van der Waals surface area contributed by atoms with Gasteiger partial charge in [0.25, 0.3) is 5.91 Å². The van der Waals surface area contributed by atoms with E-state index in [0.29, 0.717) is 35.3 Å². The number of hydrogen-bond donors (Lipinski definition) is 3. The third kappa shape index (κ3) is 2.35. The maximum atomic E-state index is 12.2. The number of hydrogen-bond acceptors (Lipinski definition) is 4. The van der Waals surface area contributed by atoms with Crippen LogP contribution in [0.15, 0.2) is 18.2 Å². The fourth-order valence-electron chi connectivity index (χ4n) is 2.11. The SMILES string of the molecule is Nc1ccc(NC(=O)c2n[nH]c3c2COCC3)c(Cl)c1. The maximum absolute atomic E-state index is 12.2. The maximum Gasteiger partial charge on any atom is 0.276 e. The minimum absolute atomic E-state index is 0.320. The number of carbonyl (C=O) groups is 1. The number of benzene rings is 1. The zero-order valence-electron chi connectivity index (χ0n) is 10.6.